The first kappa shape index (κ1) is 20.6. The Hall–Kier alpha value is -2.12. The standard InChI is InChI=1S/C20H22BrClN4O2/c1-2-3-19(27)26-8-6-25(7-9-26)18-5-4-16(22)11-17(18)24-20(28)14-10-15(21)13-23-12-14/h4-5,10-13H,2-3,6-9H2,1H3,(H,24,28). The van der Waals surface area contributed by atoms with Gasteiger partial charge in [0.2, 0.25) is 5.91 Å². The van der Waals surface area contributed by atoms with E-state index in [-0.39, 0.29) is 11.8 Å². The van der Waals surface area contributed by atoms with Gasteiger partial charge < -0.3 is 15.1 Å². The number of nitrogens with zero attached hydrogens (tertiary/aromatic N) is 3. The molecule has 1 aromatic heterocycles. The fourth-order valence-electron chi connectivity index (χ4n) is 3.18. The molecule has 28 heavy (non-hydrogen) atoms. The van der Waals surface area contributed by atoms with Crippen LogP contribution in [0.4, 0.5) is 11.4 Å². The molecule has 2 heterocycles. The molecule has 0 atom stereocenters. The van der Waals surface area contributed by atoms with Gasteiger partial charge in [-0.05, 0) is 46.6 Å². The van der Waals surface area contributed by atoms with Crippen molar-refractivity contribution in [2.75, 3.05) is 36.4 Å². The topological polar surface area (TPSA) is 65.5 Å². The van der Waals surface area contributed by atoms with Crippen molar-refractivity contribution in [1.82, 2.24) is 9.88 Å². The second-order valence-corrected chi connectivity index (χ2v) is 7.98. The van der Waals surface area contributed by atoms with Gasteiger partial charge in [-0.3, -0.25) is 14.6 Å². The molecule has 148 valence electrons. The third-order valence-corrected chi connectivity index (χ3v) is 5.28. The van der Waals surface area contributed by atoms with Gasteiger partial charge >= 0.3 is 0 Å². The molecule has 0 bridgehead atoms. The molecular weight excluding hydrogens is 444 g/mol. The van der Waals surface area contributed by atoms with Crippen LogP contribution in [0, 0.1) is 0 Å². The molecule has 1 fully saturated rings. The lowest BCUT2D eigenvalue weighted by atomic mass is 10.2. The summed E-state index contributed by atoms with van der Waals surface area (Å²) in [6.45, 7) is 4.77. The Morgan fingerprint density at radius 2 is 1.93 bits per heavy atom. The maximum Gasteiger partial charge on any atom is 0.257 e. The van der Waals surface area contributed by atoms with Gasteiger partial charge in [0.05, 0.1) is 16.9 Å². The lowest BCUT2D eigenvalue weighted by Gasteiger charge is -2.37. The lowest BCUT2D eigenvalue weighted by molar-refractivity contribution is -0.131. The van der Waals surface area contributed by atoms with Crippen LogP contribution in [-0.4, -0.2) is 47.9 Å². The minimum Gasteiger partial charge on any atom is -0.366 e. The zero-order valence-electron chi connectivity index (χ0n) is 15.6. The van der Waals surface area contributed by atoms with Crippen molar-refractivity contribution >= 4 is 50.7 Å². The Bertz CT molecular complexity index is 869. The zero-order chi connectivity index (χ0) is 20.1. The van der Waals surface area contributed by atoms with Crippen molar-refractivity contribution in [2.45, 2.75) is 19.8 Å². The van der Waals surface area contributed by atoms with Crippen LogP contribution in [0.1, 0.15) is 30.1 Å². The van der Waals surface area contributed by atoms with Crippen LogP contribution in [0.5, 0.6) is 0 Å². The van der Waals surface area contributed by atoms with Gasteiger partial charge in [0.25, 0.3) is 5.91 Å². The number of piperazine rings is 1. The van der Waals surface area contributed by atoms with Crippen LogP contribution in [0.15, 0.2) is 41.1 Å². The van der Waals surface area contributed by atoms with Crippen molar-refractivity contribution in [2.24, 2.45) is 0 Å². The summed E-state index contributed by atoms with van der Waals surface area (Å²) in [5, 5.41) is 3.48. The minimum absolute atomic E-state index is 0.203. The highest BCUT2D eigenvalue weighted by atomic mass is 79.9. The quantitative estimate of drug-likeness (QED) is 0.719. The van der Waals surface area contributed by atoms with Crippen molar-refractivity contribution in [3.8, 4) is 0 Å². The van der Waals surface area contributed by atoms with Gasteiger partial charge in [-0.1, -0.05) is 18.5 Å². The van der Waals surface area contributed by atoms with E-state index in [1.807, 2.05) is 24.0 Å². The van der Waals surface area contributed by atoms with Crippen LogP contribution in [0.2, 0.25) is 5.02 Å². The van der Waals surface area contributed by atoms with Crippen molar-refractivity contribution < 1.29 is 9.59 Å². The number of carbonyl (C=O) groups is 2. The predicted molar refractivity (Wildman–Crippen MR) is 115 cm³/mol. The van der Waals surface area contributed by atoms with Gasteiger partial charge in [-0.2, -0.15) is 0 Å². The molecule has 0 spiro atoms. The fourth-order valence-corrected chi connectivity index (χ4v) is 3.72. The second-order valence-electron chi connectivity index (χ2n) is 6.63. The van der Waals surface area contributed by atoms with Crippen molar-refractivity contribution in [3.05, 3.63) is 51.7 Å². The first-order chi connectivity index (χ1) is 13.5. The molecule has 6 nitrogen and oxygen atoms in total. The summed E-state index contributed by atoms with van der Waals surface area (Å²) >= 11 is 9.50. The molecule has 1 aliphatic rings. The number of aromatic nitrogens is 1. The van der Waals surface area contributed by atoms with Crippen LogP contribution in [0.25, 0.3) is 0 Å². The summed E-state index contributed by atoms with van der Waals surface area (Å²) in [7, 11) is 0. The van der Waals surface area contributed by atoms with E-state index in [0.717, 1.165) is 16.6 Å². The Morgan fingerprint density at radius 1 is 1.18 bits per heavy atom. The largest absolute Gasteiger partial charge is 0.366 e. The number of benzene rings is 1. The van der Waals surface area contributed by atoms with Crippen molar-refractivity contribution in [1.29, 1.82) is 0 Å². The van der Waals surface area contributed by atoms with E-state index in [0.29, 0.717) is 48.9 Å². The minimum atomic E-state index is -0.255. The molecule has 2 aromatic rings. The number of pyridine rings is 1. The fraction of sp³-hybridized carbons (Fsp3) is 0.350. The molecule has 1 N–H and O–H groups in total. The average Bonchev–Trinajstić information content (AvgIpc) is 2.68. The molecule has 1 aliphatic heterocycles. The molecule has 3 rings (SSSR count). The van der Waals surface area contributed by atoms with Crippen LogP contribution in [-0.2, 0) is 4.79 Å². The van der Waals surface area contributed by atoms with E-state index < -0.39 is 0 Å². The molecule has 1 saturated heterocycles. The monoisotopic (exact) mass is 464 g/mol. The van der Waals surface area contributed by atoms with E-state index in [9.17, 15) is 9.59 Å². The summed E-state index contributed by atoms with van der Waals surface area (Å²) in [6.07, 6.45) is 4.59. The van der Waals surface area contributed by atoms with E-state index >= 15 is 0 Å². The number of hydrogen-bond donors (Lipinski definition) is 1. The first-order valence-corrected chi connectivity index (χ1v) is 10.4. The number of rotatable bonds is 5. The van der Waals surface area contributed by atoms with Crippen molar-refractivity contribution in [3.63, 3.8) is 0 Å². The number of hydrogen-bond acceptors (Lipinski definition) is 4. The van der Waals surface area contributed by atoms with E-state index in [2.05, 4.69) is 31.1 Å². The maximum atomic E-state index is 12.6. The maximum absolute atomic E-state index is 12.6. The molecule has 0 radical (unpaired) electrons. The summed E-state index contributed by atoms with van der Waals surface area (Å²) in [6, 6.07) is 7.17. The van der Waals surface area contributed by atoms with E-state index in [4.69, 9.17) is 11.6 Å². The summed E-state index contributed by atoms with van der Waals surface area (Å²) in [4.78, 5) is 32.9. The number of nitrogens with one attached hydrogen (secondary N) is 1. The zero-order valence-corrected chi connectivity index (χ0v) is 18.0. The SMILES string of the molecule is CCCC(=O)N1CCN(c2ccc(Cl)cc2NC(=O)c2cncc(Br)c2)CC1. The summed E-state index contributed by atoms with van der Waals surface area (Å²) < 4.78 is 0.735. The third-order valence-electron chi connectivity index (χ3n) is 4.61. The Balaban J connectivity index is 1.75. The van der Waals surface area contributed by atoms with E-state index in [1.54, 1.807) is 18.3 Å². The lowest BCUT2D eigenvalue weighted by Crippen LogP contribution is -2.48. The second kappa shape index (κ2) is 9.39. The highest BCUT2D eigenvalue weighted by Gasteiger charge is 2.23. The predicted octanol–water partition coefficient (Wildman–Crippen LogP) is 4.20. The molecule has 0 unspecified atom stereocenters. The smallest absolute Gasteiger partial charge is 0.257 e. The molecular formula is C20H22BrClN4O2. The van der Waals surface area contributed by atoms with Gasteiger partial charge in [0.15, 0.2) is 0 Å². The average molecular weight is 466 g/mol. The highest BCUT2D eigenvalue weighted by molar-refractivity contribution is 9.10. The molecule has 1 aromatic carbocycles. The van der Waals surface area contributed by atoms with Crippen LogP contribution < -0.4 is 10.2 Å². The van der Waals surface area contributed by atoms with Gasteiger partial charge in [0.1, 0.15) is 0 Å². The number of amides is 2. The third kappa shape index (κ3) is 5.02. The normalized spacial score (nSPS) is 14.1. The molecule has 8 heteroatoms. The number of halogens is 2. The summed E-state index contributed by atoms with van der Waals surface area (Å²) in [5.41, 5.74) is 1.99. The van der Waals surface area contributed by atoms with Crippen LogP contribution >= 0.6 is 27.5 Å². The van der Waals surface area contributed by atoms with E-state index in [1.165, 1.54) is 6.20 Å². The van der Waals surface area contributed by atoms with Crippen LogP contribution in [0.3, 0.4) is 0 Å². The molecule has 2 amide bonds. The molecule has 0 aliphatic carbocycles. The van der Waals surface area contributed by atoms with Gasteiger partial charge in [-0.25, -0.2) is 0 Å². The highest BCUT2D eigenvalue weighted by Crippen LogP contribution is 2.30. The summed E-state index contributed by atoms with van der Waals surface area (Å²) in [5.74, 6) is -0.0528. The Morgan fingerprint density at radius 3 is 2.61 bits per heavy atom. The Labute approximate surface area is 178 Å². The first-order valence-electron chi connectivity index (χ1n) is 9.22. The number of carbonyl (C=O) groups excluding carboxylic acids is 2. The van der Waals surface area contributed by atoms with Gasteiger partial charge in [-0.15, -0.1) is 0 Å². The number of anilines is 2. The Kier molecular flexibility index (Phi) is 6.91. The molecule has 0 saturated carbocycles. The van der Waals surface area contributed by atoms with Gasteiger partial charge in [0, 0.05) is 54.5 Å².